The first-order valence-electron chi connectivity index (χ1n) is 4.76. The highest BCUT2D eigenvalue weighted by molar-refractivity contribution is 4.61. The maximum Gasteiger partial charge on any atom is 0.0595 e. The van der Waals surface area contributed by atoms with Gasteiger partial charge in [0.25, 0.3) is 0 Å². The second-order valence-electron chi connectivity index (χ2n) is 3.39. The maximum atomic E-state index is 5.34. The molecule has 0 aromatic heterocycles. The number of hydrogen-bond acceptors (Lipinski definition) is 2. The van der Waals surface area contributed by atoms with E-state index in [9.17, 15) is 0 Å². The fraction of sp³-hybridized carbons (Fsp3) is 1.00. The Morgan fingerprint density at radius 1 is 1.25 bits per heavy atom. The van der Waals surface area contributed by atoms with Crippen molar-refractivity contribution in [3.05, 3.63) is 0 Å². The summed E-state index contributed by atoms with van der Waals surface area (Å²) in [5, 5.41) is 0. The molecule has 0 spiro atoms. The standard InChI is InChI=1S/C10H22O2/c1-5-9(2)8-10(12-4)6-7-11-3/h9-10H,5-8H2,1-4H3. The van der Waals surface area contributed by atoms with Crippen molar-refractivity contribution in [2.24, 2.45) is 5.92 Å². The second-order valence-corrected chi connectivity index (χ2v) is 3.39. The van der Waals surface area contributed by atoms with Crippen LogP contribution in [0.3, 0.4) is 0 Å². The van der Waals surface area contributed by atoms with Crippen LogP contribution in [-0.4, -0.2) is 26.9 Å². The van der Waals surface area contributed by atoms with Gasteiger partial charge in [0, 0.05) is 20.8 Å². The summed E-state index contributed by atoms with van der Waals surface area (Å²) in [6, 6.07) is 0. The Bertz CT molecular complexity index is 93.8. The first kappa shape index (κ1) is 11.9. The molecule has 0 rings (SSSR count). The van der Waals surface area contributed by atoms with E-state index in [2.05, 4.69) is 13.8 Å². The van der Waals surface area contributed by atoms with Crippen LogP contribution in [0.1, 0.15) is 33.1 Å². The molecule has 0 aliphatic rings. The van der Waals surface area contributed by atoms with Crippen LogP contribution in [0, 0.1) is 5.92 Å². The molecule has 2 atom stereocenters. The molecule has 12 heavy (non-hydrogen) atoms. The Balaban J connectivity index is 3.51. The molecule has 0 aromatic carbocycles. The second kappa shape index (κ2) is 7.56. The minimum absolute atomic E-state index is 0.375. The third kappa shape index (κ3) is 5.56. The van der Waals surface area contributed by atoms with Gasteiger partial charge in [-0.05, 0) is 18.8 Å². The summed E-state index contributed by atoms with van der Waals surface area (Å²) in [6.07, 6.45) is 3.76. The van der Waals surface area contributed by atoms with Crippen molar-refractivity contribution in [3.8, 4) is 0 Å². The molecule has 2 nitrogen and oxygen atoms in total. The number of methoxy groups -OCH3 is 2. The minimum atomic E-state index is 0.375. The molecular formula is C10H22O2. The smallest absolute Gasteiger partial charge is 0.0595 e. The molecule has 74 valence electrons. The van der Waals surface area contributed by atoms with Gasteiger partial charge in [0.15, 0.2) is 0 Å². The van der Waals surface area contributed by atoms with Crippen LogP contribution in [0.5, 0.6) is 0 Å². The van der Waals surface area contributed by atoms with Crippen LogP contribution in [0.4, 0.5) is 0 Å². The van der Waals surface area contributed by atoms with E-state index in [1.54, 1.807) is 14.2 Å². The Hall–Kier alpha value is -0.0800. The molecular weight excluding hydrogens is 152 g/mol. The van der Waals surface area contributed by atoms with Gasteiger partial charge in [-0.25, -0.2) is 0 Å². The molecule has 0 N–H and O–H groups in total. The summed E-state index contributed by atoms with van der Waals surface area (Å²) in [5.74, 6) is 0.756. The van der Waals surface area contributed by atoms with E-state index in [0.717, 1.165) is 25.4 Å². The van der Waals surface area contributed by atoms with Crippen LogP contribution in [0.25, 0.3) is 0 Å². The van der Waals surface area contributed by atoms with Crippen LogP contribution in [-0.2, 0) is 9.47 Å². The zero-order valence-electron chi connectivity index (χ0n) is 8.80. The summed E-state index contributed by atoms with van der Waals surface area (Å²) < 4.78 is 10.4. The minimum Gasteiger partial charge on any atom is -0.385 e. The van der Waals surface area contributed by atoms with Crippen molar-refractivity contribution in [1.82, 2.24) is 0 Å². The Morgan fingerprint density at radius 3 is 2.33 bits per heavy atom. The molecule has 0 heterocycles. The fourth-order valence-electron chi connectivity index (χ4n) is 1.20. The first-order valence-corrected chi connectivity index (χ1v) is 4.76. The zero-order chi connectivity index (χ0) is 9.40. The largest absolute Gasteiger partial charge is 0.385 e. The van der Waals surface area contributed by atoms with E-state index in [4.69, 9.17) is 9.47 Å². The molecule has 0 saturated heterocycles. The van der Waals surface area contributed by atoms with E-state index in [1.807, 2.05) is 0 Å². The lowest BCUT2D eigenvalue weighted by molar-refractivity contribution is 0.0506. The van der Waals surface area contributed by atoms with Gasteiger partial charge in [0.1, 0.15) is 0 Å². The lowest BCUT2D eigenvalue weighted by Gasteiger charge is -2.18. The van der Waals surface area contributed by atoms with Gasteiger partial charge in [0.2, 0.25) is 0 Å². The predicted octanol–water partition coefficient (Wildman–Crippen LogP) is 2.47. The lowest BCUT2D eigenvalue weighted by atomic mass is 9.99. The molecule has 2 unspecified atom stereocenters. The Kier molecular flexibility index (Phi) is 7.51. The molecule has 2 heteroatoms. The highest BCUT2D eigenvalue weighted by atomic mass is 16.5. The van der Waals surface area contributed by atoms with Gasteiger partial charge in [0.05, 0.1) is 6.10 Å². The highest BCUT2D eigenvalue weighted by Gasteiger charge is 2.10. The summed E-state index contributed by atoms with van der Waals surface area (Å²) in [7, 11) is 3.51. The third-order valence-electron chi connectivity index (χ3n) is 2.34. The van der Waals surface area contributed by atoms with Crippen LogP contribution in [0.2, 0.25) is 0 Å². The average molecular weight is 174 g/mol. The van der Waals surface area contributed by atoms with Gasteiger partial charge in [-0.2, -0.15) is 0 Å². The molecule has 0 radical (unpaired) electrons. The van der Waals surface area contributed by atoms with Gasteiger partial charge < -0.3 is 9.47 Å². The topological polar surface area (TPSA) is 18.5 Å². The van der Waals surface area contributed by atoms with Crippen molar-refractivity contribution in [1.29, 1.82) is 0 Å². The van der Waals surface area contributed by atoms with E-state index >= 15 is 0 Å². The summed E-state index contributed by atoms with van der Waals surface area (Å²) >= 11 is 0. The molecule has 0 amide bonds. The van der Waals surface area contributed by atoms with Crippen LogP contribution >= 0.6 is 0 Å². The van der Waals surface area contributed by atoms with E-state index in [0.29, 0.717) is 6.10 Å². The van der Waals surface area contributed by atoms with Crippen molar-refractivity contribution in [2.45, 2.75) is 39.2 Å². The summed E-state index contributed by atoms with van der Waals surface area (Å²) in [6.45, 7) is 5.28. The normalized spacial score (nSPS) is 16.0. The molecule has 0 bridgehead atoms. The molecule has 0 aromatic rings. The highest BCUT2D eigenvalue weighted by Crippen LogP contribution is 2.14. The first-order chi connectivity index (χ1) is 5.74. The molecule has 0 aliphatic carbocycles. The number of rotatable bonds is 7. The third-order valence-corrected chi connectivity index (χ3v) is 2.34. The van der Waals surface area contributed by atoms with Gasteiger partial charge in [-0.1, -0.05) is 20.3 Å². The quantitative estimate of drug-likeness (QED) is 0.590. The number of hydrogen-bond donors (Lipinski definition) is 0. The van der Waals surface area contributed by atoms with Crippen LogP contribution < -0.4 is 0 Å². The Morgan fingerprint density at radius 2 is 1.92 bits per heavy atom. The van der Waals surface area contributed by atoms with E-state index in [1.165, 1.54) is 6.42 Å². The predicted molar refractivity (Wildman–Crippen MR) is 51.4 cm³/mol. The Labute approximate surface area is 76.3 Å². The van der Waals surface area contributed by atoms with Crippen LogP contribution in [0.15, 0.2) is 0 Å². The monoisotopic (exact) mass is 174 g/mol. The van der Waals surface area contributed by atoms with E-state index < -0.39 is 0 Å². The SMILES string of the molecule is CCC(C)CC(CCOC)OC. The molecule has 0 aliphatic heterocycles. The van der Waals surface area contributed by atoms with Gasteiger partial charge in [-0.3, -0.25) is 0 Å². The average Bonchev–Trinajstić information content (AvgIpc) is 2.11. The molecule has 0 fully saturated rings. The van der Waals surface area contributed by atoms with Gasteiger partial charge in [-0.15, -0.1) is 0 Å². The summed E-state index contributed by atoms with van der Waals surface area (Å²) in [4.78, 5) is 0. The van der Waals surface area contributed by atoms with Crippen molar-refractivity contribution in [3.63, 3.8) is 0 Å². The summed E-state index contributed by atoms with van der Waals surface area (Å²) in [5.41, 5.74) is 0. The van der Waals surface area contributed by atoms with Crippen molar-refractivity contribution < 1.29 is 9.47 Å². The van der Waals surface area contributed by atoms with Crippen molar-refractivity contribution in [2.75, 3.05) is 20.8 Å². The van der Waals surface area contributed by atoms with E-state index in [-0.39, 0.29) is 0 Å². The molecule has 0 saturated carbocycles. The lowest BCUT2D eigenvalue weighted by Crippen LogP contribution is -2.16. The zero-order valence-corrected chi connectivity index (χ0v) is 8.80. The maximum absolute atomic E-state index is 5.34. The van der Waals surface area contributed by atoms with Gasteiger partial charge >= 0.3 is 0 Å². The fourth-order valence-corrected chi connectivity index (χ4v) is 1.20. The number of ether oxygens (including phenoxy) is 2. The van der Waals surface area contributed by atoms with Crippen molar-refractivity contribution >= 4 is 0 Å².